The van der Waals surface area contributed by atoms with Gasteiger partial charge in [-0.2, -0.15) is 0 Å². The molecular weight excluding hydrogens is 182 g/mol. The average molecular weight is 203 g/mol. The molecule has 0 aromatic heterocycles. The molecule has 1 aliphatic rings. The van der Waals surface area contributed by atoms with Crippen molar-refractivity contribution in [2.75, 3.05) is 13.1 Å². The molecular formula is C14H21N. The van der Waals surface area contributed by atoms with E-state index in [1.807, 2.05) is 0 Å². The monoisotopic (exact) mass is 203 g/mol. The first kappa shape index (κ1) is 10.7. The van der Waals surface area contributed by atoms with Gasteiger partial charge < -0.3 is 0 Å². The normalized spacial score (nSPS) is 23.7. The Kier molecular flexibility index (Phi) is 3.79. The standard InChI is InChI=1S/C14H21N/c1-13-7-5-6-10-15(11-13)12-14-8-3-2-4-9-14/h2-4,8-9,13H,5-7,10-12H2,1H3/t13-/m0/s1. The van der Waals surface area contributed by atoms with Crippen molar-refractivity contribution in [1.82, 2.24) is 4.90 Å². The molecule has 0 aliphatic carbocycles. The fourth-order valence-electron chi connectivity index (χ4n) is 2.44. The molecule has 2 rings (SSSR count). The van der Waals surface area contributed by atoms with Crippen LogP contribution in [0.3, 0.4) is 0 Å². The molecule has 1 heterocycles. The summed E-state index contributed by atoms with van der Waals surface area (Å²) in [5.74, 6) is 0.871. The molecule has 0 saturated carbocycles. The minimum absolute atomic E-state index is 0.871. The highest BCUT2D eigenvalue weighted by Crippen LogP contribution is 2.17. The third kappa shape index (κ3) is 3.35. The molecule has 1 nitrogen and oxygen atoms in total. The Morgan fingerprint density at radius 1 is 1.20 bits per heavy atom. The van der Waals surface area contributed by atoms with Gasteiger partial charge in [0.25, 0.3) is 0 Å². The lowest BCUT2D eigenvalue weighted by atomic mass is 10.1. The van der Waals surface area contributed by atoms with E-state index >= 15 is 0 Å². The van der Waals surface area contributed by atoms with Crippen molar-refractivity contribution in [2.45, 2.75) is 32.7 Å². The summed E-state index contributed by atoms with van der Waals surface area (Å²) in [7, 11) is 0. The fraction of sp³-hybridized carbons (Fsp3) is 0.571. The summed E-state index contributed by atoms with van der Waals surface area (Å²) >= 11 is 0. The maximum atomic E-state index is 2.60. The van der Waals surface area contributed by atoms with E-state index in [1.165, 1.54) is 37.9 Å². The third-order valence-electron chi connectivity index (χ3n) is 3.24. The first-order valence-electron chi connectivity index (χ1n) is 6.11. The Labute approximate surface area is 93.1 Å². The van der Waals surface area contributed by atoms with Crippen LogP contribution in [0.5, 0.6) is 0 Å². The van der Waals surface area contributed by atoms with E-state index in [0.29, 0.717) is 0 Å². The molecule has 1 heteroatoms. The minimum Gasteiger partial charge on any atom is -0.299 e. The third-order valence-corrected chi connectivity index (χ3v) is 3.24. The van der Waals surface area contributed by atoms with Crippen LogP contribution in [0, 0.1) is 5.92 Å². The van der Waals surface area contributed by atoms with Crippen molar-refractivity contribution in [3.05, 3.63) is 35.9 Å². The molecule has 82 valence electrons. The van der Waals surface area contributed by atoms with Crippen molar-refractivity contribution in [1.29, 1.82) is 0 Å². The second-order valence-corrected chi connectivity index (χ2v) is 4.82. The Balaban J connectivity index is 1.93. The van der Waals surface area contributed by atoms with Gasteiger partial charge in [0.2, 0.25) is 0 Å². The Bertz CT molecular complexity index is 281. The lowest BCUT2D eigenvalue weighted by Gasteiger charge is -2.22. The zero-order chi connectivity index (χ0) is 10.5. The van der Waals surface area contributed by atoms with E-state index in [0.717, 1.165) is 12.5 Å². The Morgan fingerprint density at radius 3 is 2.80 bits per heavy atom. The lowest BCUT2D eigenvalue weighted by molar-refractivity contribution is 0.248. The topological polar surface area (TPSA) is 3.24 Å². The summed E-state index contributed by atoms with van der Waals surface area (Å²) in [5, 5.41) is 0. The van der Waals surface area contributed by atoms with Crippen LogP contribution in [0.1, 0.15) is 31.7 Å². The van der Waals surface area contributed by atoms with Gasteiger partial charge in [0.1, 0.15) is 0 Å². The molecule has 0 amide bonds. The molecule has 1 fully saturated rings. The van der Waals surface area contributed by atoms with Crippen molar-refractivity contribution in [3.63, 3.8) is 0 Å². The van der Waals surface area contributed by atoms with Crippen molar-refractivity contribution in [3.8, 4) is 0 Å². The van der Waals surface area contributed by atoms with Gasteiger partial charge >= 0.3 is 0 Å². The van der Waals surface area contributed by atoms with Crippen LogP contribution in [-0.2, 0) is 6.54 Å². The molecule has 15 heavy (non-hydrogen) atoms. The summed E-state index contributed by atoms with van der Waals surface area (Å²) in [5.41, 5.74) is 1.45. The predicted molar refractivity (Wildman–Crippen MR) is 64.7 cm³/mol. The SMILES string of the molecule is C[C@H]1CCCCN(Cc2ccccc2)C1. The smallest absolute Gasteiger partial charge is 0.0233 e. The van der Waals surface area contributed by atoms with Gasteiger partial charge in [0.15, 0.2) is 0 Å². The van der Waals surface area contributed by atoms with Crippen LogP contribution < -0.4 is 0 Å². The quantitative estimate of drug-likeness (QED) is 0.713. The molecule has 0 bridgehead atoms. The van der Waals surface area contributed by atoms with Crippen molar-refractivity contribution in [2.24, 2.45) is 5.92 Å². The highest BCUT2D eigenvalue weighted by molar-refractivity contribution is 5.14. The molecule has 1 aliphatic heterocycles. The number of hydrogen-bond donors (Lipinski definition) is 0. The highest BCUT2D eigenvalue weighted by Gasteiger charge is 2.14. The maximum absolute atomic E-state index is 2.60. The minimum atomic E-state index is 0.871. The van der Waals surface area contributed by atoms with Crippen LogP contribution in [0.15, 0.2) is 30.3 Å². The average Bonchev–Trinajstić information content (AvgIpc) is 2.44. The van der Waals surface area contributed by atoms with E-state index in [-0.39, 0.29) is 0 Å². The molecule has 0 radical (unpaired) electrons. The summed E-state index contributed by atoms with van der Waals surface area (Å²) in [6.07, 6.45) is 4.19. The molecule has 0 spiro atoms. The molecule has 1 aromatic rings. The van der Waals surface area contributed by atoms with Gasteiger partial charge in [-0.25, -0.2) is 0 Å². The Hall–Kier alpha value is -0.820. The summed E-state index contributed by atoms with van der Waals surface area (Å²) in [6, 6.07) is 10.8. The van der Waals surface area contributed by atoms with Gasteiger partial charge in [-0.15, -0.1) is 0 Å². The second-order valence-electron chi connectivity index (χ2n) is 4.82. The molecule has 0 unspecified atom stereocenters. The zero-order valence-electron chi connectivity index (χ0n) is 9.65. The van der Waals surface area contributed by atoms with Gasteiger partial charge in [0, 0.05) is 13.1 Å². The lowest BCUT2D eigenvalue weighted by Crippen LogP contribution is -2.27. The van der Waals surface area contributed by atoms with Gasteiger partial charge in [-0.3, -0.25) is 4.90 Å². The molecule has 1 atom stereocenters. The van der Waals surface area contributed by atoms with Crippen LogP contribution >= 0.6 is 0 Å². The summed E-state index contributed by atoms with van der Waals surface area (Å²) < 4.78 is 0. The van der Waals surface area contributed by atoms with Gasteiger partial charge in [-0.1, -0.05) is 43.7 Å². The number of nitrogens with zero attached hydrogens (tertiary/aromatic N) is 1. The first-order valence-corrected chi connectivity index (χ1v) is 6.11. The number of likely N-dealkylation sites (tertiary alicyclic amines) is 1. The van der Waals surface area contributed by atoms with Crippen LogP contribution in [0.25, 0.3) is 0 Å². The van der Waals surface area contributed by atoms with Gasteiger partial charge in [0.05, 0.1) is 0 Å². The van der Waals surface area contributed by atoms with E-state index in [2.05, 4.69) is 42.2 Å². The van der Waals surface area contributed by atoms with Crippen LogP contribution in [0.2, 0.25) is 0 Å². The largest absolute Gasteiger partial charge is 0.299 e. The highest BCUT2D eigenvalue weighted by atomic mass is 15.1. The van der Waals surface area contributed by atoms with E-state index < -0.39 is 0 Å². The van der Waals surface area contributed by atoms with Gasteiger partial charge in [-0.05, 0) is 30.9 Å². The fourth-order valence-corrected chi connectivity index (χ4v) is 2.44. The zero-order valence-corrected chi connectivity index (χ0v) is 9.65. The van der Waals surface area contributed by atoms with Crippen LogP contribution in [0.4, 0.5) is 0 Å². The summed E-state index contributed by atoms with van der Waals surface area (Å²) in [4.78, 5) is 2.60. The molecule has 1 aromatic carbocycles. The molecule has 0 N–H and O–H groups in total. The predicted octanol–water partition coefficient (Wildman–Crippen LogP) is 3.31. The maximum Gasteiger partial charge on any atom is 0.0233 e. The Morgan fingerprint density at radius 2 is 2.00 bits per heavy atom. The van der Waals surface area contributed by atoms with E-state index in [1.54, 1.807) is 0 Å². The molecule has 1 saturated heterocycles. The van der Waals surface area contributed by atoms with Crippen molar-refractivity contribution < 1.29 is 0 Å². The van der Waals surface area contributed by atoms with Crippen LogP contribution in [-0.4, -0.2) is 18.0 Å². The number of benzene rings is 1. The number of rotatable bonds is 2. The number of hydrogen-bond acceptors (Lipinski definition) is 1. The van der Waals surface area contributed by atoms with Crippen molar-refractivity contribution >= 4 is 0 Å². The first-order chi connectivity index (χ1) is 7.34. The summed E-state index contributed by atoms with van der Waals surface area (Å²) in [6.45, 7) is 6.06. The van der Waals surface area contributed by atoms with E-state index in [9.17, 15) is 0 Å². The van der Waals surface area contributed by atoms with E-state index in [4.69, 9.17) is 0 Å². The second kappa shape index (κ2) is 5.32.